The maximum Gasteiger partial charge on any atom is 0.338 e. The van der Waals surface area contributed by atoms with Crippen molar-refractivity contribution in [3.63, 3.8) is 0 Å². The van der Waals surface area contributed by atoms with Gasteiger partial charge in [-0.25, -0.2) is 4.79 Å². The molecule has 2 N–H and O–H groups in total. The minimum atomic E-state index is -0.351. The zero-order valence-corrected chi connectivity index (χ0v) is 17.0. The number of benzene rings is 2. The lowest BCUT2D eigenvalue weighted by Crippen LogP contribution is -2.39. The van der Waals surface area contributed by atoms with E-state index < -0.39 is 0 Å². The first-order chi connectivity index (χ1) is 12.9. The average Bonchev–Trinajstić information content (AvgIpc) is 2.61. The molecule has 0 aliphatic carbocycles. The molecule has 1 unspecified atom stereocenters. The molecule has 27 heavy (non-hydrogen) atoms. The van der Waals surface area contributed by atoms with E-state index in [1.165, 1.54) is 0 Å². The molecule has 0 spiro atoms. The summed E-state index contributed by atoms with van der Waals surface area (Å²) >= 11 is 5.36. The number of rotatable bonds is 7. The van der Waals surface area contributed by atoms with Gasteiger partial charge in [0.2, 0.25) is 0 Å². The van der Waals surface area contributed by atoms with Gasteiger partial charge in [-0.3, -0.25) is 0 Å². The van der Waals surface area contributed by atoms with Crippen molar-refractivity contribution in [1.29, 1.82) is 0 Å². The van der Waals surface area contributed by atoms with Crippen LogP contribution in [0.1, 0.15) is 35.3 Å². The Bertz CT molecular complexity index is 788. The molecule has 2 rings (SSSR count). The second-order valence-electron chi connectivity index (χ2n) is 6.33. The van der Waals surface area contributed by atoms with Crippen molar-refractivity contribution in [3.05, 3.63) is 59.2 Å². The summed E-state index contributed by atoms with van der Waals surface area (Å²) in [6, 6.07) is 13.1. The van der Waals surface area contributed by atoms with Crippen molar-refractivity contribution in [2.45, 2.75) is 33.7 Å². The van der Waals surface area contributed by atoms with E-state index in [4.69, 9.17) is 21.7 Å². The number of esters is 1. The predicted molar refractivity (Wildman–Crippen MR) is 113 cm³/mol. The van der Waals surface area contributed by atoms with Crippen molar-refractivity contribution < 1.29 is 14.3 Å². The van der Waals surface area contributed by atoms with Gasteiger partial charge in [-0.15, -0.1) is 0 Å². The predicted octanol–water partition coefficient (Wildman–Crippen LogP) is 4.23. The summed E-state index contributed by atoms with van der Waals surface area (Å²) in [5.41, 5.74) is 3.43. The van der Waals surface area contributed by atoms with Gasteiger partial charge in [0.1, 0.15) is 12.4 Å². The Morgan fingerprint density at radius 2 is 1.81 bits per heavy atom. The lowest BCUT2D eigenvalue weighted by Gasteiger charge is -2.19. The van der Waals surface area contributed by atoms with Gasteiger partial charge in [-0.05, 0) is 69.2 Å². The Kier molecular flexibility index (Phi) is 7.61. The van der Waals surface area contributed by atoms with Crippen LogP contribution in [0, 0.1) is 13.8 Å². The zero-order valence-electron chi connectivity index (χ0n) is 16.2. The Balaban J connectivity index is 1.88. The van der Waals surface area contributed by atoms with Crippen LogP contribution >= 0.6 is 12.2 Å². The number of anilines is 1. The fourth-order valence-corrected chi connectivity index (χ4v) is 2.93. The number of thiocarbonyl (C=S) groups is 1. The van der Waals surface area contributed by atoms with Crippen molar-refractivity contribution in [2.24, 2.45) is 0 Å². The highest BCUT2D eigenvalue weighted by molar-refractivity contribution is 7.80. The van der Waals surface area contributed by atoms with Gasteiger partial charge in [-0.1, -0.05) is 24.3 Å². The van der Waals surface area contributed by atoms with E-state index in [1.54, 1.807) is 25.1 Å². The fourth-order valence-electron chi connectivity index (χ4n) is 2.61. The van der Waals surface area contributed by atoms with E-state index in [0.717, 1.165) is 22.6 Å². The number of hydrogen-bond acceptors (Lipinski definition) is 4. The van der Waals surface area contributed by atoms with Crippen molar-refractivity contribution in [1.82, 2.24) is 5.32 Å². The first-order valence-electron chi connectivity index (χ1n) is 8.94. The van der Waals surface area contributed by atoms with Crippen LogP contribution in [-0.4, -0.2) is 30.3 Å². The monoisotopic (exact) mass is 386 g/mol. The molecule has 5 nitrogen and oxygen atoms in total. The quantitative estimate of drug-likeness (QED) is 0.548. The number of carbonyl (C=O) groups is 1. The topological polar surface area (TPSA) is 59.6 Å². The van der Waals surface area contributed by atoms with Crippen LogP contribution in [0.2, 0.25) is 0 Å². The second kappa shape index (κ2) is 9.92. The molecule has 1 atom stereocenters. The van der Waals surface area contributed by atoms with Gasteiger partial charge in [0.05, 0.1) is 18.2 Å². The molecule has 0 saturated carbocycles. The van der Waals surface area contributed by atoms with Crippen LogP contribution in [-0.2, 0) is 4.74 Å². The molecule has 2 aromatic carbocycles. The molecule has 144 valence electrons. The summed E-state index contributed by atoms with van der Waals surface area (Å²) in [4.78, 5) is 11.8. The number of carbonyl (C=O) groups excluding carboxylic acids is 1. The normalized spacial score (nSPS) is 11.4. The maximum atomic E-state index is 11.8. The molecular weight excluding hydrogens is 360 g/mol. The molecule has 0 heterocycles. The maximum absolute atomic E-state index is 11.8. The van der Waals surface area contributed by atoms with Gasteiger partial charge in [0.25, 0.3) is 0 Å². The van der Waals surface area contributed by atoms with Gasteiger partial charge in [0, 0.05) is 5.69 Å². The molecule has 0 aliphatic rings. The third-order valence-electron chi connectivity index (χ3n) is 3.90. The SMILES string of the molecule is CCOC(=O)c1cccc(NC(=S)NC(C)COc2c(C)cccc2C)c1. The molecule has 0 fully saturated rings. The van der Waals surface area contributed by atoms with Crippen LogP contribution in [0.3, 0.4) is 0 Å². The number of para-hydroxylation sites is 1. The highest BCUT2D eigenvalue weighted by Crippen LogP contribution is 2.22. The zero-order chi connectivity index (χ0) is 19.8. The molecule has 0 radical (unpaired) electrons. The van der Waals surface area contributed by atoms with E-state index in [1.807, 2.05) is 45.0 Å². The van der Waals surface area contributed by atoms with Crippen LogP contribution in [0.4, 0.5) is 5.69 Å². The van der Waals surface area contributed by atoms with E-state index in [0.29, 0.717) is 23.9 Å². The lowest BCUT2D eigenvalue weighted by molar-refractivity contribution is 0.0526. The lowest BCUT2D eigenvalue weighted by atomic mass is 10.1. The highest BCUT2D eigenvalue weighted by Gasteiger charge is 2.10. The third kappa shape index (κ3) is 6.25. The first kappa shape index (κ1) is 20.7. The molecule has 2 aromatic rings. The van der Waals surface area contributed by atoms with Gasteiger partial charge in [0.15, 0.2) is 5.11 Å². The Hall–Kier alpha value is -2.60. The fraction of sp³-hybridized carbons (Fsp3) is 0.333. The Labute approximate surface area is 166 Å². The van der Waals surface area contributed by atoms with Gasteiger partial charge in [-0.2, -0.15) is 0 Å². The van der Waals surface area contributed by atoms with Crippen LogP contribution < -0.4 is 15.4 Å². The van der Waals surface area contributed by atoms with Crippen LogP contribution in [0.25, 0.3) is 0 Å². The molecule has 6 heteroatoms. The van der Waals surface area contributed by atoms with Gasteiger partial charge < -0.3 is 20.1 Å². The molecule has 0 bridgehead atoms. The summed E-state index contributed by atoms with van der Waals surface area (Å²) in [5, 5.41) is 6.74. The van der Waals surface area contributed by atoms with Crippen molar-refractivity contribution >= 4 is 29.0 Å². The highest BCUT2D eigenvalue weighted by atomic mass is 32.1. The molecule has 0 saturated heterocycles. The molecule has 0 amide bonds. The standard InChI is InChI=1S/C21H26N2O3S/c1-5-25-20(24)17-10-7-11-18(12-17)23-21(27)22-16(4)13-26-19-14(2)8-6-9-15(19)3/h6-12,16H,5,13H2,1-4H3,(H2,22,23,27). The molecule has 0 aromatic heterocycles. The summed E-state index contributed by atoms with van der Waals surface area (Å²) in [6.45, 7) is 8.66. The Morgan fingerprint density at radius 3 is 2.48 bits per heavy atom. The summed E-state index contributed by atoms with van der Waals surface area (Å²) in [7, 11) is 0. The van der Waals surface area contributed by atoms with E-state index in [2.05, 4.69) is 10.6 Å². The third-order valence-corrected chi connectivity index (χ3v) is 4.12. The van der Waals surface area contributed by atoms with Crippen molar-refractivity contribution in [2.75, 3.05) is 18.5 Å². The minimum Gasteiger partial charge on any atom is -0.491 e. The van der Waals surface area contributed by atoms with E-state index in [-0.39, 0.29) is 12.0 Å². The summed E-state index contributed by atoms with van der Waals surface area (Å²) < 4.78 is 11.0. The van der Waals surface area contributed by atoms with Crippen LogP contribution in [0.15, 0.2) is 42.5 Å². The number of hydrogen-bond donors (Lipinski definition) is 2. The van der Waals surface area contributed by atoms with Crippen molar-refractivity contribution in [3.8, 4) is 5.75 Å². The summed E-state index contributed by atoms with van der Waals surface area (Å²) in [5.74, 6) is 0.558. The van der Waals surface area contributed by atoms with E-state index >= 15 is 0 Å². The first-order valence-corrected chi connectivity index (χ1v) is 9.35. The smallest absolute Gasteiger partial charge is 0.338 e. The van der Waals surface area contributed by atoms with E-state index in [9.17, 15) is 4.79 Å². The number of aryl methyl sites for hydroxylation is 2. The minimum absolute atomic E-state index is 0.0113. The van der Waals surface area contributed by atoms with Gasteiger partial charge >= 0.3 is 5.97 Å². The summed E-state index contributed by atoms with van der Waals surface area (Å²) in [6.07, 6.45) is 0. The Morgan fingerprint density at radius 1 is 1.15 bits per heavy atom. The number of ether oxygens (including phenoxy) is 2. The molecule has 0 aliphatic heterocycles. The van der Waals surface area contributed by atoms with Crippen LogP contribution in [0.5, 0.6) is 5.75 Å². The largest absolute Gasteiger partial charge is 0.491 e. The molecular formula is C21H26N2O3S. The number of nitrogens with one attached hydrogen (secondary N) is 2. The second-order valence-corrected chi connectivity index (χ2v) is 6.74. The average molecular weight is 387 g/mol.